The zero-order chi connectivity index (χ0) is 27.9. The standard InChI is InChI=1S/C35H71NO2/c1-4-6-8-10-12-14-16-18-20-22-24-26-28-30-32-36(34(3)35(37)38)33-31-29-27-25-23-21-19-17-15-13-11-9-7-5-2/h34H,4-33H2,1-3H3,(H,37,38). The average Bonchev–Trinajstić information content (AvgIpc) is 2.91. The lowest BCUT2D eigenvalue weighted by molar-refractivity contribution is -0.142. The van der Waals surface area contributed by atoms with Crippen molar-refractivity contribution in [2.45, 2.75) is 207 Å². The van der Waals surface area contributed by atoms with Crippen LogP contribution in [0.25, 0.3) is 0 Å². The molecule has 38 heavy (non-hydrogen) atoms. The minimum absolute atomic E-state index is 0.348. The molecule has 0 aromatic carbocycles. The summed E-state index contributed by atoms with van der Waals surface area (Å²) < 4.78 is 0. The van der Waals surface area contributed by atoms with Crippen LogP contribution in [0.15, 0.2) is 0 Å². The Morgan fingerprint density at radius 3 is 0.868 bits per heavy atom. The van der Waals surface area contributed by atoms with Gasteiger partial charge in [-0.05, 0) is 32.9 Å². The topological polar surface area (TPSA) is 40.5 Å². The first-order valence-corrected chi connectivity index (χ1v) is 17.6. The lowest BCUT2D eigenvalue weighted by Crippen LogP contribution is -2.40. The molecule has 0 saturated carbocycles. The maximum absolute atomic E-state index is 11.6. The molecule has 228 valence electrons. The van der Waals surface area contributed by atoms with Gasteiger partial charge in [-0.15, -0.1) is 0 Å². The Morgan fingerprint density at radius 2 is 0.658 bits per heavy atom. The van der Waals surface area contributed by atoms with Crippen LogP contribution >= 0.6 is 0 Å². The van der Waals surface area contributed by atoms with Gasteiger partial charge in [0.15, 0.2) is 0 Å². The van der Waals surface area contributed by atoms with Gasteiger partial charge in [-0.1, -0.05) is 181 Å². The quantitative estimate of drug-likeness (QED) is 0.0867. The van der Waals surface area contributed by atoms with Crippen LogP contribution in [-0.4, -0.2) is 35.1 Å². The van der Waals surface area contributed by atoms with E-state index in [1.165, 1.54) is 167 Å². The highest BCUT2D eigenvalue weighted by atomic mass is 16.4. The number of hydrogen-bond acceptors (Lipinski definition) is 2. The van der Waals surface area contributed by atoms with E-state index in [0.717, 1.165) is 25.9 Å². The summed E-state index contributed by atoms with van der Waals surface area (Å²) in [4.78, 5) is 13.8. The summed E-state index contributed by atoms with van der Waals surface area (Å²) in [6.45, 7) is 8.34. The summed E-state index contributed by atoms with van der Waals surface area (Å²) in [5, 5.41) is 9.54. The third kappa shape index (κ3) is 27.0. The predicted molar refractivity (Wildman–Crippen MR) is 169 cm³/mol. The van der Waals surface area contributed by atoms with Crippen molar-refractivity contribution in [3.63, 3.8) is 0 Å². The smallest absolute Gasteiger partial charge is 0.320 e. The molecule has 0 aliphatic heterocycles. The van der Waals surface area contributed by atoms with Crippen molar-refractivity contribution in [1.82, 2.24) is 4.90 Å². The summed E-state index contributed by atoms with van der Waals surface area (Å²) >= 11 is 0. The van der Waals surface area contributed by atoms with E-state index >= 15 is 0 Å². The lowest BCUT2D eigenvalue weighted by Gasteiger charge is -2.26. The van der Waals surface area contributed by atoms with Gasteiger partial charge in [-0.2, -0.15) is 0 Å². The second kappa shape index (κ2) is 31.0. The van der Waals surface area contributed by atoms with Gasteiger partial charge in [0.2, 0.25) is 0 Å². The van der Waals surface area contributed by atoms with Gasteiger partial charge < -0.3 is 5.11 Å². The van der Waals surface area contributed by atoms with Gasteiger partial charge in [0.1, 0.15) is 6.04 Å². The Kier molecular flexibility index (Phi) is 30.5. The minimum atomic E-state index is -0.666. The number of carboxylic acids is 1. The number of aliphatic carboxylic acids is 1. The molecule has 0 aromatic rings. The summed E-state index contributed by atoms with van der Waals surface area (Å²) in [7, 11) is 0. The van der Waals surface area contributed by atoms with Gasteiger partial charge >= 0.3 is 5.97 Å². The Bertz CT molecular complexity index is 435. The van der Waals surface area contributed by atoms with Crippen molar-refractivity contribution in [2.75, 3.05) is 13.1 Å². The zero-order valence-electron chi connectivity index (χ0n) is 26.6. The monoisotopic (exact) mass is 538 g/mol. The fraction of sp³-hybridized carbons (Fsp3) is 0.971. The summed E-state index contributed by atoms with van der Waals surface area (Å²) in [5.41, 5.74) is 0. The molecule has 0 amide bonds. The molecule has 3 heteroatoms. The first-order chi connectivity index (χ1) is 18.6. The van der Waals surface area contributed by atoms with Crippen molar-refractivity contribution in [1.29, 1.82) is 0 Å². The Hall–Kier alpha value is -0.570. The van der Waals surface area contributed by atoms with Gasteiger partial charge in [0.25, 0.3) is 0 Å². The fourth-order valence-electron chi connectivity index (χ4n) is 5.67. The van der Waals surface area contributed by atoms with E-state index < -0.39 is 5.97 Å². The lowest BCUT2D eigenvalue weighted by atomic mass is 10.0. The number of unbranched alkanes of at least 4 members (excludes halogenated alkanes) is 26. The molecule has 0 heterocycles. The maximum atomic E-state index is 11.6. The molecule has 1 N–H and O–H groups in total. The second-order valence-electron chi connectivity index (χ2n) is 12.2. The van der Waals surface area contributed by atoms with Crippen molar-refractivity contribution in [3.05, 3.63) is 0 Å². The molecule has 0 aliphatic rings. The van der Waals surface area contributed by atoms with Gasteiger partial charge in [-0.3, -0.25) is 9.69 Å². The van der Waals surface area contributed by atoms with Gasteiger partial charge in [0, 0.05) is 0 Å². The van der Waals surface area contributed by atoms with Crippen LogP contribution in [0.3, 0.4) is 0 Å². The van der Waals surface area contributed by atoms with E-state index in [-0.39, 0.29) is 6.04 Å². The highest BCUT2D eigenvalue weighted by Crippen LogP contribution is 2.15. The molecule has 0 fully saturated rings. The second-order valence-corrected chi connectivity index (χ2v) is 12.2. The molecule has 0 radical (unpaired) electrons. The average molecular weight is 538 g/mol. The maximum Gasteiger partial charge on any atom is 0.320 e. The van der Waals surface area contributed by atoms with Crippen LogP contribution < -0.4 is 0 Å². The van der Waals surface area contributed by atoms with Crippen molar-refractivity contribution >= 4 is 5.97 Å². The number of carboxylic acid groups (broad SMARTS) is 1. The SMILES string of the molecule is CCCCCCCCCCCCCCCCN(CCCCCCCCCCCCCCCC)C(C)C(=O)O. The van der Waals surface area contributed by atoms with Crippen LogP contribution in [0.1, 0.15) is 201 Å². The predicted octanol–water partition coefficient (Wildman–Crippen LogP) is 11.7. The van der Waals surface area contributed by atoms with Crippen molar-refractivity contribution in [2.24, 2.45) is 0 Å². The Morgan fingerprint density at radius 1 is 0.447 bits per heavy atom. The number of nitrogens with zero attached hydrogens (tertiary/aromatic N) is 1. The van der Waals surface area contributed by atoms with E-state index in [1.54, 1.807) is 0 Å². The number of rotatable bonds is 32. The summed E-state index contributed by atoms with van der Waals surface area (Å²) in [6, 6.07) is -0.348. The third-order valence-corrected chi connectivity index (χ3v) is 8.50. The van der Waals surface area contributed by atoms with E-state index in [9.17, 15) is 9.90 Å². The van der Waals surface area contributed by atoms with Crippen LogP contribution in [0.4, 0.5) is 0 Å². The zero-order valence-corrected chi connectivity index (χ0v) is 26.6. The molecule has 0 bridgehead atoms. The van der Waals surface area contributed by atoms with Gasteiger partial charge in [0.05, 0.1) is 0 Å². The highest BCUT2D eigenvalue weighted by Gasteiger charge is 2.19. The molecule has 0 rings (SSSR count). The van der Waals surface area contributed by atoms with Crippen LogP contribution in [0.2, 0.25) is 0 Å². The number of hydrogen-bond donors (Lipinski definition) is 1. The molecular weight excluding hydrogens is 466 g/mol. The Labute approximate surface area is 240 Å². The first kappa shape index (κ1) is 37.4. The first-order valence-electron chi connectivity index (χ1n) is 17.6. The van der Waals surface area contributed by atoms with E-state index in [0.29, 0.717) is 0 Å². The summed E-state index contributed by atoms with van der Waals surface area (Å²) in [6.07, 6.45) is 38.3. The molecule has 0 spiro atoms. The normalized spacial score (nSPS) is 12.4. The van der Waals surface area contributed by atoms with Gasteiger partial charge in [-0.25, -0.2) is 0 Å². The highest BCUT2D eigenvalue weighted by molar-refractivity contribution is 5.72. The molecule has 0 aliphatic carbocycles. The van der Waals surface area contributed by atoms with Crippen molar-refractivity contribution in [3.8, 4) is 0 Å². The van der Waals surface area contributed by atoms with E-state index in [2.05, 4.69) is 18.7 Å². The molecule has 0 saturated heterocycles. The van der Waals surface area contributed by atoms with Crippen LogP contribution in [-0.2, 0) is 4.79 Å². The third-order valence-electron chi connectivity index (χ3n) is 8.50. The molecule has 3 nitrogen and oxygen atoms in total. The molecule has 1 atom stereocenters. The molecule has 0 aromatic heterocycles. The molecular formula is C35H71NO2. The largest absolute Gasteiger partial charge is 0.480 e. The summed E-state index contributed by atoms with van der Waals surface area (Å²) in [5.74, 6) is -0.666. The Balaban J connectivity index is 3.63. The number of carbonyl (C=O) groups is 1. The molecule has 1 unspecified atom stereocenters. The fourth-order valence-corrected chi connectivity index (χ4v) is 5.67. The van der Waals surface area contributed by atoms with E-state index in [4.69, 9.17) is 0 Å². The minimum Gasteiger partial charge on any atom is -0.480 e. The van der Waals surface area contributed by atoms with Crippen LogP contribution in [0, 0.1) is 0 Å². The van der Waals surface area contributed by atoms with Crippen LogP contribution in [0.5, 0.6) is 0 Å². The van der Waals surface area contributed by atoms with Crippen molar-refractivity contribution < 1.29 is 9.90 Å². The van der Waals surface area contributed by atoms with E-state index in [1.807, 2.05) is 6.92 Å².